The van der Waals surface area contributed by atoms with Gasteiger partial charge in [0.1, 0.15) is 5.75 Å². The maximum Gasteiger partial charge on any atom is 0.573 e. The van der Waals surface area contributed by atoms with Crippen LogP contribution in [0.1, 0.15) is 29.5 Å². The Morgan fingerprint density at radius 1 is 0.929 bits per heavy atom. The molecule has 1 N–H and O–H groups in total. The fourth-order valence-electron chi connectivity index (χ4n) is 4.60. The van der Waals surface area contributed by atoms with Crippen LogP contribution >= 0.6 is 0 Å². The first-order valence-electron chi connectivity index (χ1n) is 9.30. The lowest BCUT2D eigenvalue weighted by Crippen LogP contribution is -2.29. The number of anilines is 1. The second-order valence-electron chi connectivity index (χ2n) is 7.34. The number of alkyl halides is 3. The van der Waals surface area contributed by atoms with Crippen LogP contribution in [0, 0.1) is 5.92 Å². The Morgan fingerprint density at radius 2 is 1.75 bits per heavy atom. The summed E-state index contributed by atoms with van der Waals surface area (Å²) >= 11 is 0. The molecule has 28 heavy (non-hydrogen) atoms. The zero-order valence-corrected chi connectivity index (χ0v) is 14.9. The fourth-order valence-corrected chi connectivity index (χ4v) is 4.60. The average Bonchev–Trinajstić information content (AvgIpc) is 3.16. The highest BCUT2D eigenvalue weighted by molar-refractivity contribution is 5.86. The summed E-state index contributed by atoms with van der Waals surface area (Å²) < 4.78 is 42.0. The first-order valence-corrected chi connectivity index (χ1v) is 9.30. The third-order valence-corrected chi connectivity index (χ3v) is 5.73. The van der Waals surface area contributed by atoms with Crippen molar-refractivity contribution in [3.63, 3.8) is 0 Å². The van der Waals surface area contributed by atoms with Gasteiger partial charge >= 0.3 is 6.36 Å². The number of rotatable bonds is 2. The smallest absolute Gasteiger partial charge is 0.406 e. The molecule has 3 aromatic rings. The molecular formula is C23H18F3NO. The van der Waals surface area contributed by atoms with Crippen molar-refractivity contribution in [2.45, 2.75) is 24.7 Å². The number of ether oxygens (including phenoxy) is 1. The first kappa shape index (κ1) is 17.2. The van der Waals surface area contributed by atoms with Gasteiger partial charge in [-0.3, -0.25) is 0 Å². The van der Waals surface area contributed by atoms with Crippen LogP contribution in [0.5, 0.6) is 5.75 Å². The summed E-state index contributed by atoms with van der Waals surface area (Å²) in [7, 11) is 0. The SMILES string of the molecule is FC(F)(F)Oc1ccc2c(c1)C1C=CCC1C(c1cccc3ccccc13)N2. The van der Waals surface area contributed by atoms with Gasteiger partial charge in [-0.25, -0.2) is 0 Å². The Hall–Kier alpha value is -2.95. The van der Waals surface area contributed by atoms with E-state index in [9.17, 15) is 13.2 Å². The minimum Gasteiger partial charge on any atom is -0.406 e. The summed E-state index contributed by atoms with van der Waals surface area (Å²) in [6, 6.07) is 19.3. The van der Waals surface area contributed by atoms with Gasteiger partial charge in [-0.2, -0.15) is 0 Å². The van der Waals surface area contributed by atoms with E-state index in [2.05, 4.69) is 52.5 Å². The third-order valence-electron chi connectivity index (χ3n) is 5.73. The van der Waals surface area contributed by atoms with Crippen molar-refractivity contribution < 1.29 is 17.9 Å². The number of allylic oxidation sites excluding steroid dienone is 2. The molecule has 0 bridgehead atoms. The molecule has 1 aliphatic heterocycles. The molecule has 3 unspecified atom stereocenters. The summed E-state index contributed by atoms with van der Waals surface area (Å²) in [6.07, 6.45) is 0.434. The highest BCUT2D eigenvalue weighted by atomic mass is 19.4. The molecule has 0 saturated carbocycles. The molecule has 2 aliphatic rings. The number of benzene rings is 3. The monoisotopic (exact) mass is 381 g/mol. The van der Waals surface area contributed by atoms with Gasteiger partial charge in [-0.05, 0) is 52.4 Å². The number of fused-ring (bicyclic) bond motifs is 4. The molecule has 0 radical (unpaired) electrons. The molecule has 3 atom stereocenters. The maximum absolute atomic E-state index is 12.6. The van der Waals surface area contributed by atoms with Crippen molar-refractivity contribution in [2.24, 2.45) is 5.92 Å². The Bertz CT molecular complexity index is 1070. The van der Waals surface area contributed by atoms with Gasteiger partial charge in [0.05, 0.1) is 6.04 Å². The summed E-state index contributed by atoms with van der Waals surface area (Å²) in [5.74, 6) is 0.146. The minimum absolute atomic E-state index is 0.0667. The molecule has 5 rings (SSSR count). The molecule has 3 aromatic carbocycles. The molecule has 0 saturated heterocycles. The van der Waals surface area contributed by atoms with E-state index < -0.39 is 6.36 Å². The van der Waals surface area contributed by atoms with Gasteiger partial charge in [0.2, 0.25) is 0 Å². The van der Waals surface area contributed by atoms with Gasteiger partial charge < -0.3 is 10.1 Å². The minimum atomic E-state index is -4.69. The Morgan fingerprint density at radius 3 is 2.61 bits per heavy atom. The highest BCUT2D eigenvalue weighted by Crippen LogP contribution is 2.51. The Labute approximate surface area is 160 Å². The molecule has 5 heteroatoms. The van der Waals surface area contributed by atoms with E-state index in [0.29, 0.717) is 0 Å². The lowest BCUT2D eigenvalue weighted by molar-refractivity contribution is -0.274. The van der Waals surface area contributed by atoms with Gasteiger partial charge in [-0.15, -0.1) is 13.2 Å². The van der Waals surface area contributed by atoms with Crippen LogP contribution in [-0.4, -0.2) is 6.36 Å². The van der Waals surface area contributed by atoms with Crippen LogP contribution in [0.2, 0.25) is 0 Å². The third kappa shape index (κ3) is 2.91. The van der Waals surface area contributed by atoms with Crippen LogP contribution in [0.15, 0.2) is 72.8 Å². The van der Waals surface area contributed by atoms with E-state index in [4.69, 9.17) is 0 Å². The number of hydrogen-bond acceptors (Lipinski definition) is 2. The standard InChI is InChI=1S/C23H18F3NO/c24-23(25,26)28-15-11-12-21-20(13-15)17-8-4-10-19(17)22(27-21)18-9-3-6-14-5-1-2-7-16(14)18/h1-9,11-13,17,19,22,27H,10H2. The number of hydrogen-bond donors (Lipinski definition) is 1. The topological polar surface area (TPSA) is 21.3 Å². The second kappa shape index (κ2) is 6.30. The van der Waals surface area contributed by atoms with Crippen LogP contribution in [0.3, 0.4) is 0 Å². The van der Waals surface area contributed by atoms with Gasteiger partial charge in [0.25, 0.3) is 0 Å². The van der Waals surface area contributed by atoms with Crippen molar-refractivity contribution in [1.82, 2.24) is 0 Å². The lowest BCUT2D eigenvalue weighted by Gasteiger charge is -2.38. The molecule has 1 heterocycles. The van der Waals surface area contributed by atoms with Crippen molar-refractivity contribution in [1.29, 1.82) is 0 Å². The molecule has 0 amide bonds. The van der Waals surface area contributed by atoms with E-state index in [-0.39, 0.29) is 23.6 Å². The Kier molecular flexibility index (Phi) is 3.86. The first-order chi connectivity index (χ1) is 13.5. The molecule has 2 nitrogen and oxygen atoms in total. The summed E-state index contributed by atoms with van der Waals surface area (Å²) in [5.41, 5.74) is 2.94. The molecule has 0 fully saturated rings. The van der Waals surface area contributed by atoms with E-state index in [1.165, 1.54) is 28.5 Å². The van der Waals surface area contributed by atoms with Gasteiger partial charge in [-0.1, -0.05) is 54.6 Å². The molecule has 0 aromatic heterocycles. The Balaban J connectivity index is 1.58. The summed E-state index contributed by atoms with van der Waals surface area (Å²) in [6.45, 7) is 0. The van der Waals surface area contributed by atoms with Crippen molar-refractivity contribution in [3.8, 4) is 5.75 Å². The molecule has 1 aliphatic carbocycles. The lowest BCUT2D eigenvalue weighted by atomic mass is 9.76. The van der Waals surface area contributed by atoms with Crippen molar-refractivity contribution in [3.05, 3.63) is 83.9 Å². The predicted molar refractivity (Wildman–Crippen MR) is 103 cm³/mol. The van der Waals surface area contributed by atoms with Crippen molar-refractivity contribution in [2.75, 3.05) is 5.32 Å². The molecule has 0 spiro atoms. The van der Waals surface area contributed by atoms with Crippen LogP contribution < -0.4 is 10.1 Å². The van der Waals surface area contributed by atoms with Crippen LogP contribution in [-0.2, 0) is 0 Å². The molecular weight excluding hydrogens is 363 g/mol. The van der Waals surface area contributed by atoms with Crippen LogP contribution in [0.25, 0.3) is 10.8 Å². The largest absolute Gasteiger partial charge is 0.573 e. The quantitative estimate of drug-likeness (QED) is 0.507. The molecule has 142 valence electrons. The zero-order chi connectivity index (χ0) is 19.3. The van der Waals surface area contributed by atoms with Crippen molar-refractivity contribution >= 4 is 16.5 Å². The van der Waals surface area contributed by atoms with E-state index >= 15 is 0 Å². The number of nitrogens with one attached hydrogen (secondary N) is 1. The zero-order valence-electron chi connectivity index (χ0n) is 14.9. The fraction of sp³-hybridized carbons (Fsp3) is 0.217. The maximum atomic E-state index is 12.6. The normalized spacial score (nSPS) is 23.2. The summed E-state index contributed by atoms with van der Waals surface area (Å²) in [4.78, 5) is 0. The highest BCUT2D eigenvalue weighted by Gasteiger charge is 2.39. The second-order valence-corrected chi connectivity index (χ2v) is 7.34. The van der Waals surface area contributed by atoms with Gasteiger partial charge in [0, 0.05) is 11.6 Å². The number of halogens is 3. The van der Waals surface area contributed by atoms with E-state index in [1.54, 1.807) is 6.07 Å². The summed E-state index contributed by atoms with van der Waals surface area (Å²) in [5, 5.41) is 5.98. The van der Waals surface area contributed by atoms with Crippen LogP contribution in [0.4, 0.5) is 18.9 Å². The predicted octanol–water partition coefficient (Wildman–Crippen LogP) is 6.56. The average molecular weight is 381 g/mol. The van der Waals surface area contributed by atoms with E-state index in [0.717, 1.165) is 17.7 Å². The van der Waals surface area contributed by atoms with Gasteiger partial charge in [0.15, 0.2) is 0 Å². The van der Waals surface area contributed by atoms with E-state index in [1.807, 2.05) is 12.1 Å².